The number of hydrogen-bond acceptors (Lipinski definition) is 0. The van der Waals surface area contributed by atoms with Gasteiger partial charge < -0.3 is 0 Å². The minimum atomic E-state index is 0.969. The summed E-state index contributed by atoms with van der Waals surface area (Å²) >= 11 is 0. The van der Waals surface area contributed by atoms with Crippen molar-refractivity contribution in [2.45, 2.75) is 73.1 Å². The first-order chi connectivity index (χ1) is 8.60. The second-order valence-electron chi connectivity index (χ2n) is 5.54. The van der Waals surface area contributed by atoms with Crippen molar-refractivity contribution in [2.75, 3.05) is 0 Å². The highest BCUT2D eigenvalue weighted by Crippen LogP contribution is 2.13. The molecular formula is C18H32. The molecule has 0 saturated heterocycles. The summed E-state index contributed by atoms with van der Waals surface area (Å²) in [6.45, 7) is 11.1. The van der Waals surface area contributed by atoms with Crippen LogP contribution in [0.3, 0.4) is 0 Å². The van der Waals surface area contributed by atoms with E-state index in [1.807, 2.05) is 0 Å². The highest BCUT2D eigenvalue weighted by molar-refractivity contribution is 5.19. The monoisotopic (exact) mass is 248 g/mol. The fourth-order valence-corrected chi connectivity index (χ4v) is 2.02. The van der Waals surface area contributed by atoms with Crippen LogP contribution in [-0.4, -0.2) is 0 Å². The fourth-order valence-electron chi connectivity index (χ4n) is 2.02. The van der Waals surface area contributed by atoms with Gasteiger partial charge in [-0.25, -0.2) is 0 Å². The molecule has 1 atom stereocenters. The Balaban J connectivity index is 0.000000327. The molecule has 0 fully saturated rings. The lowest BCUT2D eigenvalue weighted by molar-refractivity contribution is 0.459. The van der Waals surface area contributed by atoms with Gasteiger partial charge in [-0.05, 0) is 19.8 Å². The van der Waals surface area contributed by atoms with E-state index in [-0.39, 0.29) is 0 Å². The summed E-state index contributed by atoms with van der Waals surface area (Å²) in [5.74, 6) is 0.969. The van der Waals surface area contributed by atoms with Gasteiger partial charge in [-0.2, -0.15) is 0 Å². The minimum absolute atomic E-state index is 0.969. The highest BCUT2D eigenvalue weighted by Gasteiger charge is 1.98. The molecule has 1 aromatic carbocycles. The average Bonchev–Trinajstić information content (AvgIpc) is 2.34. The third kappa shape index (κ3) is 10.4. The lowest BCUT2D eigenvalue weighted by atomic mass is 9.99. The van der Waals surface area contributed by atoms with E-state index in [2.05, 4.69) is 58.9 Å². The minimum Gasteiger partial charge on any atom is -0.0654 e. The summed E-state index contributed by atoms with van der Waals surface area (Å²) in [4.78, 5) is 0. The maximum Gasteiger partial charge on any atom is -0.0398 e. The summed E-state index contributed by atoms with van der Waals surface area (Å²) in [7, 11) is 0. The van der Waals surface area contributed by atoms with Crippen LogP contribution in [0.1, 0.15) is 70.4 Å². The van der Waals surface area contributed by atoms with E-state index >= 15 is 0 Å². The number of benzene rings is 1. The van der Waals surface area contributed by atoms with Gasteiger partial charge in [-0.3, -0.25) is 0 Å². The van der Waals surface area contributed by atoms with E-state index in [0.29, 0.717) is 0 Å². The Labute approximate surface area is 115 Å². The smallest absolute Gasteiger partial charge is 0.0398 e. The molecule has 0 heteroatoms. The predicted molar refractivity (Wildman–Crippen MR) is 84.1 cm³/mol. The van der Waals surface area contributed by atoms with Gasteiger partial charge in [-0.15, -0.1) is 0 Å². The van der Waals surface area contributed by atoms with Gasteiger partial charge in [0.15, 0.2) is 0 Å². The number of aryl methyl sites for hydroxylation is 2. The predicted octanol–water partition coefficient (Wildman–Crippen LogP) is 6.31. The van der Waals surface area contributed by atoms with Crippen molar-refractivity contribution in [2.24, 2.45) is 5.92 Å². The first kappa shape index (κ1) is 17.2. The van der Waals surface area contributed by atoms with Crippen LogP contribution < -0.4 is 0 Å². The molecule has 0 nitrogen and oxygen atoms in total. The summed E-state index contributed by atoms with van der Waals surface area (Å²) in [6.07, 6.45) is 8.45. The molecule has 1 aromatic rings. The summed E-state index contributed by atoms with van der Waals surface area (Å²) in [5.41, 5.74) is 2.66. The lowest BCUT2D eigenvalue weighted by Gasteiger charge is -2.07. The van der Waals surface area contributed by atoms with Crippen molar-refractivity contribution in [3.05, 3.63) is 35.4 Å². The first-order valence-corrected chi connectivity index (χ1v) is 7.63. The van der Waals surface area contributed by atoms with Gasteiger partial charge in [-0.1, -0.05) is 94.7 Å². The summed E-state index contributed by atoms with van der Waals surface area (Å²) in [5, 5.41) is 0. The van der Waals surface area contributed by atoms with Crippen LogP contribution in [0.5, 0.6) is 0 Å². The molecule has 0 N–H and O–H groups in total. The van der Waals surface area contributed by atoms with E-state index in [4.69, 9.17) is 0 Å². The topological polar surface area (TPSA) is 0 Å². The third-order valence-electron chi connectivity index (χ3n) is 3.30. The van der Waals surface area contributed by atoms with Gasteiger partial charge in [0.05, 0.1) is 0 Å². The SMILES string of the molecule is CCCCCC(C)CCC.Cc1ccc(C)cc1. The highest BCUT2D eigenvalue weighted by atomic mass is 14.0. The van der Waals surface area contributed by atoms with Gasteiger partial charge >= 0.3 is 0 Å². The molecule has 0 aromatic heterocycles. The Morgan fingerprint density at radius 1 is 0.778 bits per heavy atom. The molecular weight excluding hydrogens is 216 g/mol. The van der Waals surface area contributed by atoms with Crippen LogP contribution in [0.15, 0.2) is 24.3 Å². The molecule has 1 unspecified atom stereocenters. The molecule has 0 heterocycles. The Morgan fingerprint density at radius 3 is 1.67 bits per heavy atom. The van der Waals surface area contributed by atoms with Gasteiger partial charge in [0.1, 0.15) is 0 Å². The lowest BCUT2D eigenvalue weighted by Crippen LogP contribution is -1.92. The summed E-state index contributed by atoms with van der Waals surface area (Å²) in [6, 6.07) is 8.48. The zero-order chi connectivity index (χ0) is 13.8. The average molecular weight is 248 g/mol. The Bertz CT molecular complexity index is 250. The molecule has 0 amide bonds. The van der Waals surface area contributed by atoms with Crippen LogP contribution in [0.2, 0.25) is 0 Å². The molecule has 0 saturated carbocycles. The normalized spacial score (nSPS) is 11.6. The van der Waals surface area contributed by atoms with E-state index in [9.17, 15) is 0 Å². The van der Waals surface area contributed by atoms with E-state index < -0.39 is 0 Å². The van der Waals surface area contributed by atoms with Crippen LogP contribution in [0.25, 0.3) is 0 Å². The van der Waals surface area contributed by atoms with Crippen molar-refractivity contribution in [1.82, 2.24) is 0 Å². The molecule has 0 spiro atoms. The molecule has 0 aliphatic carbocycles. The van der Waals surface area contributed by atoms with Crippen molar-refractivity contribution in [3.8, 4) is 0 Å². The zero-order valence-corrected chi connectivity index (χ0v) is 13.1. The maximum atomic E-state index is 2.37. The van der Waals surface area contributed by atoms with Crippen molar-refractivity contribution >= 4 is 0 Å². The van der Waals surface area contributed by atoms with Crippen molar-refractivity contribution < 1.29 is 0 Å². The van der Waals surface area contributed by atoms with Crippen molar-refractivity contribution in [1.29, 1.82) is 0 Å². The molecule has 0 aliphatic rings. The van der Waals surface area contributed by atoms with Gasteiger partial charge in [0.2, 0.25) is 0 Å². The quantitative estimate of drug-likeness (QED) is 0.518. The van der Waals surface area contributed by atoms with Crippen LogP contribution in [0.4, 0.5) is 0 Å². The Hall–Kier alpha value is -0.780. The maximum absolute atomic E-state index is 2.37. The molecule has 18 heavy (non-hydrogen) atoms. The summed E-state index contributed by atoms with van der Waals surface area (Å²) < 4.78 is 0. The van der Waals surface area contributed by atoms with E-state index in [1.165, 1.54) is 49.7 Å². The Kier molecular flexibility index (Phi) is 10.8. The van der Waals surface area contributed by atoms with E-state index in [0.717, 1.165) is 5.92 Å². The van der Waals surface area contributed by atoms with Crippen LogP contribution >= 0.6 is 0 Å². The zero-order valence-electron chi connectivity index (χ0n) is 13.1. The van der Waals surface area contributed by atoms with Crippen LogP contribution in [0, 0.1) is 19.8 Å². The van der Waals surface area contributed by atoms with Crippen LogP contribution in [-0.2, 0) is 0 Å². The number of rotatable bonds is 6. The molecule has 0 aliphatic heterocycles. The second-order valence-corrected chi connectivity index (χ2v) is 5.54. The molecule has 1 rings (SSSR count). The first-order valence-electron chi connectivity index (χ1n) is 7.63. The third-order valence-corrected chi connectivity index (χ3v) is 3.30. The molecule has 104 valence electrons. The van der Waals surface area contributed by atoms with Gasteiger partial charge in [0.25, 0.3) is 0 Å². The van der Waals surface area contributed by atoms with E-state index in [1.54, 1.807) is 0 Å². The largest absolute Gasteiger partial charge is 0.0654 e. The molecule has 0 bridgehead atoms. The number of unbranched alkanes of at least 4 members (excludes halogenated alkanes) is 2. The number of hydrogen-bond donors (Lipinski definition) is 0. The second kappa shape index (κ2) is 11.3. The molecule has 0 radical (unpaired) electrons. The Morgan fingerprint density at radius 2 is 1.28 bits per heavy atom. The standard InChI is InChI=1S/C10H22.C8H10/c1-4-6-7-9-10(3)8-5-2;1-7-3-5-8(2)6-4-7/h10H,4-9H2,1-3H3;3-6H,1-2H3. The fraction of sp³-hybridized carbons (Fsp3) is 0.667. The van der Waals surface area contributed by atoms with Crippen molar-refractivity contribution in [3.63, 3.8) is 0 Å². The van der Waals surface area contributed by atoms with Gasteiger partial charge in [0, 0.05) is 0 Å².